The molecular formula is C15H12BrFO4. The lowest BCUT2D eigenvalue weighted by Gasteiger charge is -2.11. The van der Waals surface area contributed by atoms with E-state index in [9.17, 15) is 9.18 Å². The van der Waals surface area contributed by atoms with Crippen LogP contribution >= 0.6 is 15.9 Å². The van der Waals surface area contributed by atoms with Crippen LogP contribution in [0, 0.1) is 5.82 Å². The van der Waals surface area contributed by atoms with Gasteiger partial charge in [0, 0.05) is 16.1 Å². The van der Waals surface area contributed by atoms with Crippen molar-refractivity contribution >= 4 is 21.9 Å². The van der Waals surface area contributed by atoms with Crippen LogP contribution < -0.4 is 9.47 Å². The van der Waals surface area contributed by atoms with Crippen molar-refractivity contribution in [3.8, 4) is 11.5 Å². The lowest BCUT2D eigenvalue weighted by Crippen LogP contribution is -2.02. The molecule has 0 unspecified atom stereocenters. The summed E-state index contributed by atoms with van der Waals surface area (Å²) in [6.45, 7) is 0.130. The number of methoxy groups -OCH3 is 1. The van der Waals surface area contributed by atoms with Gasteiger partial charge in [0.2, 0.25) is 0 Å². The van der Waals surface area contributed by atoms with Crippen molar-refractivity contribution < 1.29 is 23.8 Å². The molecule has 0 aromatic heterocycles. The van der Waals surface area contributed by atoms with Crippen molar-refractivity contribution in [2.24, 2.45) is 0 Å². The molecule has 0 spiro atoms. The van der Waals surface area contributed by atoms with Gasteiger partial charge < -0.3 is 14.6 Å². The minimum absolute atomic E-state index is 0.130. The van der Waals surface area contributed by atoms with Gasteiger partial charge in [-0.05, 0) is 30.3 Å². The maximum absolute atomic E-state index is 13.3. The van der Waals surface area contributed by atoms with Gasteiger partial charge in [0.1, 0.15) is 23.9 Å². The second-order valence-electron chi connectivity index (χ2n) is 4.23. The summed E-state index contributed by atoms with van der Waals surface area (Å²) in [6, 6.07) is 8.77. The van der Waals surface area contributed by atoms with E-state index in [1.165, 1.54) is 13.2 Å². The summed E-state index contributed by atoms with van der Waals surface area (Å²) in [5, 5.41) is 8.89. The number of aromatic carboxylic acids is 1. The maximum Gasteiger partial charge on any atom is 0.335 e. The molecule has 0 fully saturated rings. The van der Waals surface area contributed by atoms with Crippen molar-refractivity contribution in [2.45, 2.75) is 6.61 Å². The number of rotatable bonds is 5. The molecule has 0 amide bonds. The SMILES string of the molecule is COc1ccc(Br)cc1COc1cc(F)cc(C(=O)O)c1. The number of hydrogen-bond donors (Lipinski definition) is 1. The molecule has 2 aromatic carbocycles. The molecule has 0 atom stereocenters. The normalized spacial score (nSPS) is 10.2. The molecule has 1 N–H and O–H groups in total. The molecular weight excluding hydrogens is 343 g/mol. The quantitative estimate of drug-likeness (QED) is 0.885. The van der Waals surface area contributed by atoms with Gasteiger partial charge in [0.25, 0.3) is 0 Å². The lowest BCUT2D eigenvalue weighted by atomic mass is 10.2. The molecule has 0 aliphatic heterocycles. The first-order chi connectivity index (χ1) is 9.99. The summed E-state index contributed by atoms with van der Waals surface area (Å²) >= 11 is 3.35. The number of hydrogen-bond acceptors (Lipinski definition) is 3. The number of carbonyl (C=O) groups is 1. The van der Waals surface area contributed by atoms with Crippen LogP contribution in [0.2, 0.25) is 0 Å². The first-order valence-corrected chi connectivity index (χ1v) is 6.78. The first kappa shape index (κ1) is 15.3. The summed E-state index contributed by atoms with van der Waals surface area (Å²) in [6.07, 6.45) is 0. The fourth-order valence-electron chi connectivity index (χ4n) is 1.79. The zero-order valence-corrected chi connectivity index (χ0v) is 12.7. The van der Waals surface area contributed by atoms with Crippen molar-refractivity contribution in [2.75, 3.05) is 7.11 Å². The van der Waals surface area contributed by atoms with Crippen LogP contribution in [-0.2, 0) is 6.61 Å². The third kappa shape index (κ3) is 3.95. The van der Waals surface area contributed by atoms with Crippen LogP contribution in [0.4, 0.5) is 4.39 Å². The Labute approximate surface area is 129 Å². The van der Waals surface area contributed by atoms with E-state index in [0.717, 1.165) is 22.2 Å². The lowest BCUT2D eigenvalue weighted by molar-refractivity contribution is 0.0695. The fourth-order valence-corrected chi connectivity index (χ4v) is 2.20. The molecule has 2 aromatic rings. The van der Waals surface area contributed by atoms with E-state index >= 15 is 0 Å². The van der Waals surface area contributed by atoms with E-state index in [0.29, 0.717) is 5.75 Å². The smallest absolute Gasteiger partial charge is 0.335 e. The average molecular weight is 355 g/mol. The molecule has 2 rings (SSSR count). The van der Waals surface area contributed by atoms with Gasteiger partial charge in [0.05, 0.1) is 12.7 Å². The zero-order chi connectivity index (χ0) is 15.4. The Morgan fingerprint density at radius 3 is 2.71 bits per heavy atom. The number of benzene rings is 2. The summed E-state index contributed by atoms with van der Waals surface area (Å²) in [5.74, 6) is -1.09. The third-order valence-corrected chi connectivity index (χ3v) is 3.25. The first-order valence-electron chi connectivity index (χ1n) is 5.98. The number of ether oxygens (including phenoxy) is 2. The topological polar surface area (TPSA) is 55.8 Å². The average Bonchev–Trinajstić information content (AvgIpc) is 2.44. The molecule has 0 aliphatic rings. The summed E-state index contributed by atoms with van der Waals surface area (Å²) in [4.78, 5) is 10.9. The Hall–Kier alpha value is -2.08. The number of carboxylic acid groups (broad SMARTS) is 1. The third-order valence-electron chi connectivity index (χ3n) is 2.76. The van der Waals surface area contributed by atoms with Gasteiger partial charge >= 0.3 is 5.97 Å². The molecule has 21 heavy (non-hydrogen) atoms. The summed E-state index contributed by atoms with van der Waals surface area (Å²) < 4.78 is 24.9. The molecule has 0 bridgehead atoms. The highest BCUT2D eigenvalue weighted by molar-refractivity contribution is 9.10. The van der Waals surface area contributed by atoms with E-state index < -0.39 is 11.8 Å². The Kier molecular flexibility index (Phi) is 4.80. The summed E-state index contributed by atoms with van der Waals surface area (Å²) in [5.41, 5.74) is 0.596. The van der Waals surface area contributed by atoms with Gasteiger partial charge in [-0.25, -0.2) is 9.18 Å². The maximum atomic E-state index is 13.3. The number of carboxylic acids is 1. The molecule has 4 nitrogen and oxygen atoms in total. The van der Waals surface area contributed by atoms with Crippen LogP contribution in [-0.4, -0.2) is 18.2 Å². The van der Waals surface area contributed by atoms with Gasteiger partial charge in [-0.15, -0.1) is 0 Å². The van der Waals surface area contributed by atoms with Crippen LogP contribution in [0.1, 0.15) is 15.9 Å². The fraction of sp³-hybridized carbons (Fsp3) is 0.133. The highest BCUT2D eigenvalue weighted by atomic mass is 79.9. The second-order valence-corrected chi connectivity index (χ2v) is 5.14. The van der Waals surface area contributed by atoms with E-state index in [4.69, 9.17) is 14.6 Å². The Morgan fingerprint density at radius 1 is 1.29 bits per heavy atom. The largest absolute Gasteiger partial charge is 0.496 e. The monoisotopic (exact) mass is 354 g/mol. The summed E-state index contributed by atoms with van der Waals surface area (Å²) in [7, 11) is 1.54. The molecule has 0 saturated carbocycles. The minimum Gasteiger partial charge on any atom is -0.496 e. The van der Waals surface area contributed by atoms with Gasteiger partial charge in [-0.2, -0.15) is 0 Å². The van der Waals surface area contributed by atoms with Crippen molar-refractivity contribution in [3.05, 3.63) is 57.8 Å². The highest BCUT2D eigenvalue weighted by Crippen LogP contribution is 2.25. The van der Waals surface area contributed by atoms with E-state index in [1.807, 2.05) is 12.1 Å². The molecule has 0 aliphatic carbocycles. The zero-order valence-electron chi connectivity index (χ0n) is 11.1. The predicted octanol–water partition coefficient (Wildman–Crippen LogP) is 3.87. The van der Waals surface area contributed by atoms with E-state index in [-0.39, 0.29) is 17.9 Å². The van der Waals surface area contributed by atoms with Crippen LogP contribution in [0.15, 0.2) is 40.9 Å². The molecule has 0 radical (unpaired) electrons. The second kappa shape index (κ2) is 6.58. The Bertz CT molecular complexity index is 673. The molecule has 0 saturated heterocycles. The van der Waals surface area contributed by atoms with E-state index in [1.54, 1.807) is 6.07 Å². The Balaban J connectivity index is 2.20. The minimum atomic E-state index is -1.21. The molecule has 0 heterocycles. The Morgan fingerprint density at radius 2 is 2.05 bits per heavy atom. The van der Waals surface area contributed by atoms with Gasteiger partial charge in [-0.1, -0.05) is 15.9 Å². The van der Waals surface area contributed by atoms with Gasteiger partial charge in [-0.3, -0.25) is 0 Å². The molecule has 6 heteroatoms. The number of halogens is 2. The van der Waals surface area contributed by atoms with E-state index in [2.05, 4.69) is 15.9 Å². The van der Waals surface area contributed by atoms with Crippen LogP contribution in [0.25, 0.3) is 0 Å². The highest BCUT2D eigenvalue weighted by Gasteiger charge is 2.09. The van der Waals surface area contributed by atoms with Crippen LogP contribution in [0.3, 0.4) is 0 Å². The van der Waals surface area contributed by atoms with Crippen LogP contribution in [0.5, 0.6) is 11.5 Å². The predicted molar refractivity (Wildman–Crippen MR) is 78.4 cm³/mol. The van der Waals surface area contributed by atoms with Gasteiger partial charge in [0.15, 0.2) is 0 Å². The standard InChI is InChI=1S/C15H12BrFO4/c1-20-14-3-2-11(16)4-10(14)8-21-13-6-9(15(18)19)5-12(17)7-13/h2-7H,8H2,1H3,(H,18,19). The molecule has 110 valence electrons. The van der Waals surface area contributed by atoms with Crippen molar-refractivity contribution in [1.82, 2.24) is 0 Å². The van der Waals surface area contributed by atoms with Crippen molar-refractivity contribution in [3.63, 3.8) is 0 Å². The van der Waals surface area contributed by atoms with Crippen molar-refractivity contribution in [1.29, 1.82) is 0 Å².